The van der Waals surface area contributed by atoms with Gasteiger partial charge in [0.25, 0.3) is 0 Å². The highest BCUT2D eigenvalue weighted by Crippen LogP contribution is 2.33. The van der Waals surface area contributed by atoms with E-state index in [2.05, 4.69) is 72.0 Å². The lowest BCUT2D eigenvalue weighted by molar-refractivity contribution is 0.259. The summed E-state index contributed by atoms with van der Waals surface area (Å²) >= 11 is 1.63. The maximum Gasteiger partial charge on any atom is 0.347 e. The van der Waals surface area contributed by atoms with Gasteiger partial charge in [0.1, 0.15) is 6.33 Å². The molecule has 5 rings (SSSR count). The molecule has 1 atom stereocenters. The summed E-state index contributed by atoms with van der Waals surface area (Å²) in [6, 6.07) is 19.6. The van der Waals surface area contributed by atoms with Gasteiger partial charge in [0.2, 0.25) is 0 Å². The first-order chi connectivity index (χ1) is 18.3. The predicted molar refractivity (Wildman–Crippen MR) is 158 cm³/mol. The van der Waals surface area contributed by atoms with Crippen molar-refractivity contribution in [2.75, 3.05) is 22.5 Å². The van der Waals surface area contributed by atoms with Crippen molar-refractivity contribution in [2.45, 2.75) is 34.6 Å². The van der Waals surface area contributed by atoms with Gasteiger partial charge in [-0.15, -0.1) is 5.10 Å². The molecule has 1 aliphatic rings. The topological polar surface area (TPSA) is 75.4 Å². The molecule has 1 N–H and O–H groups in total. The first-order valence-corrected chi connectivity index (χ1v) is 13.7. The summed E-state index contributed by atoms with van der Waals surface area (Å²) in [5.74, 6) is 2.05. The lowest BCUT2D eigenvalue weighted by Crippen LogP contribution is -2.40. The average Bonchev–Trinajstić information content (AvgIpc) is 3.36. The number of aromatic nitrogens is 3. The van der Waals surface area contributed by atoms with Gasteiger partial charge in [0.15, 0.2) is 11.0 Å². The number of hydrogen-bond acceptors (Lipinski definition) is 4. The minimum absolute atomic E-state index is 0.385. The summed E-state index contributed by atoms with van der Waals surface area (Å²) in [7, 11) is 0. The van der Waals surface area contributed by atoms with Crippen LogP contribution < -0.4 is 10.2 Å². The van der Waals surface area contributed by atoms with E-state index in [1.165, 1.54) is 22.3 Å². The largest absolute Gasteiger partial charge is 0.347 e. The fourth-order valence-corrected chi connectivity index (χ4v) is 5.78. The van der Waals surface area contributed by atoms with Crippen molar-refractivity contribution >= 4 is 34.3 Å². The number of aliphatic imine (C=N–C) groups is 1. The Morgan fingerprint density at radius 1 is 0.974 bits per heavy atom. The maximum atomic E-state index is 12.9. The molecule has 3 aromatic carbocycles. The number of carbonyl (C=O) groups is 1. The van der Waals surface area contributed by atoms with E-state index in [9.17, 15) is 4.79 Å². The number of thioether (sulfide) groups is 1. The van der Waals surface area contributed by atoms with E-state index in [1.54, 1.807) is 22.8 Å². The number of nitrogens with one attached hydrogen (secondary N) is 1. The zero-order valence-corrected chi connectivity index (χ0v) is 23.2. The third kappa shape index (κ3) is 5.65. The molecule has 1 saturated heterocycles. The van der Waals surface area contributed by atoms with E-state index in [1.807, 2.05) is 48.5 Å². The molecule has 1 fully saturated rings. The van der Waals surface area contributed by atoms with Gasteiger partial charge in [-0.1, -0.05) is 54.1 Å². The second-order valence-corrected chi connectivity index (χ2v) is 11.0. The molecule has 0 saturated carbocycles. The summed E-state index contributed by atoms with van der Waals surface area (Å²) < 4.78 is 1.76. The molecular weight excluding hydrogens is 492 g/mol. The average molecular weight is 525 g/mol. The SMILES string of the molecule is Cc1ccc(-n2cnc(-c3ccc(NC(=O)/N=C4\SCC(C)CN4c4c(C)cc(C)cc4C)cc3)n2)cc1. The lowest BCUT2D eigenvalue weighted by Gasteiger charge is -2.35. The molecule has 38 heavy (non-hydrogen) atoms. The molecule has 0 bridgehead atoms. The molecule has 4 aromatic rings. The first-order valence-electron chi connectivity index (χ1n) is 12.7. The van der Waals surface area contributed by atoms with Gasteiger partial charge in [-0.25, -0.2) is 14.5 Å². The van der Waals surface area contributed by atoms with Crippen LogP contribution in [0.2, 0.25) is 0 Å². The summed E-state index contributed by atoms with van der Waals surface area (Å²) in [5, 5.41) is 8.25. The van der Waals surface area contributed by atoms with Crippen LogP contribution in [-0.4, -0.2) is 38.3 Å². The fourth-order valence-electron chi connectivity index (χ4n) is 4.77. The van der Waals surface area contributed by atoms with Crippen LogP contribution in [0.4, 0.5) is 16.2 Å². The number of urea groups is 1. The van der Waals surface area contributed by atoms with Crippen LogP contribution in [0.15, 0.2) is 72.0 Å². The number of nitrogens with zero attached hydrogens (tertiary/aromatic N) is 5. The molecule has 2 amide bonds. The molecular formula is C30H32N6OS. The van der Waals surface area contributed by atoms with E-state index in [-0.39, 0.29) is 6.03 Å². The highest BCUT2D eigenvalue weighted by atomic mass is 32.2. The second kappa shape index (κ2) is 10.8. The zero-order chi connectivity index (χ0) is 26.8. The number of rotatable bonds is 4. The first kappa shape index (κ1) is 25.7. The quantitative estimate of drug-likeness (QED) is 0.313. The Morgan fingerprint density at radius 3 is 2.34 bits per heavy atom. The summed E-state index contributed by atoms with van der Waals surface area (Å²) in [6.07, 6.45) is 1.71. The van der Waals surface area contributed by atoms with Crippen LogP contribution in [0.5, 0.6) is 0 Å². The Labute approximate surface area is 228 Å². The van der Waals surface area contributed by atoms with E-state index < -0.39 is 0 Å². The van der Waals surface area contributed by atoms with Crippen molar-refractivity contribution in [1.82, 2.24) is 14.8 Å². The Balaban J connectivity index is 1.31. The normalized spacial score (nSPS) is 16.6. The van der Waals surface area contributed by atoms with Gasteiger partial charge in [-0.3, -0.25) is 0 Å². The van der Waals surface area contributed by atoms with Gasteiger partial charge in [0, 0.05) is 29.2 Å². The maximum absolute atomic E-state index is 12.9. The van der Waals surface area contributed by atoms with Crippen molar-refractivity contribution in [2.24, 2.45) is 10.9 Å². The standard InChI is InChI=1S/C30H32N6OS/c1-19-6-12-26(13-7-19)36-18-31-28(34-36)24-8-10-25(11-9-24)32-29(37)33-30-35(16-21(3)17-38-30)27-22(4)14-20(2)15-23(27)5/h6-15,18,21H,16-17H2,1-5H3,(H,32,37)/b33-30-. The molecule has 0 aliphatic carbocycles. The Morgan fingerprint density at radius 2 is 1.66 bits per heavy atom. The second-order valence-electron chi connectivity index (χ2n) is 10.0. The Kier molecular flexibility index (Phi) is 7.33. The third-order valence-electron chi connectivity index (χ3n) is 6.51. The smallest absolute Gasteiger partial charge is 0.320 e. The highest BCUT2D eigenvalue weighted by molar-refractivity contribution is 8.14. The minimum Gasteiger partial charge on any atom is -0.320 e. The van der Waals surface area contributed by atoms with Gasteiger partial charge in [-0.2, -0.15) is 4.99 Å². The summed E-state index contributed by atoms with van der Waals surface area (Å²) in [6.45, 7) is 11.5. The summed E-state index contributed by atoms with van der Waals surface area (Å²) in [5.41, 5.74) is 8.46. The lowest BCUT2D eigenvalue weighted by atomic mass is 10.0. The fraction of sp³-hybridized carbons (Fsp3) is 0.267. The monoisotopic (exact) mass is 524 g/mol. The summed E-state index contributed by atoms with van der Waals surface area (Å²) in [4.78, 5) is 24.1. The number of carbonyl (C=O) groups excluding carboxylic acids is 1. The van der Waals surface area contributed by atoms with Gasteiger partial charge in [0.05, 0.1) is 5.69 Å². The van der Waals surface area contributed by atoms with E-state index in [0.29, 0.717) is 17.4 Å². The zero-order valence-electron chi connectivity index (χ0n) is 22.4. The van der Waals surface area contributed by atoms with Gasteiger partial charge >= 0.3 is 6.03 Å². The van der Waals surface area contributed by atoms with Crippen LogP contribution in [-0.2, 0) is 0 Å². The predicted octanol–water partition coefficient (Wildman–Crippen LogP) is 6.95. The number of anilines is 2. The van der Waals surface area contributed by atoms with Crippen LogP contribution >= 0.6 is 11.8 Å². The van der Waals surface area contributed by atoms with E-state index in [0.717, 1.165) is 34.4 Å². The van der Waals surface area contributed by atoms with Crippen LogP contribution in [0, 0.1) is 33.6 Å². The molecule has 2 heterocycles. The Bertz CT molecular complexity index is 1470. The molecule has 7 nitrogen and oxygen atoms in total. The number of aryl methyl sites for hydroxylation is 4. The molecule has 1 aromatic heterocycles. The number of amides is 2. The number of amidine groups is 1. The number of benzene rings is 3. The van der Waals surface area contributed by atoms with E-state index >= 15 is 0 Å². The molecule has 8 heteroatoms. The molecule has 194 valence electrons. The highest BCUT2D eigenvalue weighted by Gasteiger charge is 2.27. The van der Waals surface area contributed by atoms with Gasteiger partial charge in [-0.05, 0) is 81.1 Å². The van der Waals surface area contributed by atoms with E-state index in [4.69, 9.17) is 0 Å². The molecule has 0 radical (unpaired) electrons. The van der Waals surface area contributed by atoms with Crippen molar-refractivity contribution in [3.63, 3.8) is 0 Å². The van der Waals surface area contributed by atoms with Crippen LogP contribution in [0.1, 0.15) is 29.2 Å². The van der Waals surface area contributed by atoms with Crippen molar-refractivity contribution in [3.8, 4) is 17.1 Å². The van der Waals surface area contributed by atoms with Crippen LogP contribution in [0.25, 0.3) is 17.1 Å². The van der Waals surface area contributed by atoms with Crippen molar-refractivity contribution in [1.29, 1.82) is 0 Å². The van der Waals surface area contributed by atoms with Crippen molar-refractivity contribution < 1.29 is 4.79 Å². The Hall–Kier alpha value is -3.91. The number of hydrogen-bond donors (Lipinski definition) is 1. The third-order valence-corrected chi connectivity index (χ3v) is 7.81. The van der Waals surface area contributed by atoms with Crippen molar-refractivity contribution in [3.05, 3.63) is 89.2 Å². The van der Waals surface area contributed by atoms with Crippen LogP contribution in [0.3, 0.4) is 0 Å². The minimum atomic E-state index is -0.385. The molecule has 0 spiro atoms. The molecule has 1 aliphatic heterocycles. The van der Waals surface area contributed by atoms with Gasteiger partial charge < -0.3 is 10.2 Å². The molecule has 1 unspecified atom stereocenters.